The van der Waals surface area contributed by atoms with Gasteiger partial charge in [-0.1, -0.05) is 20.3 Å². The number of amides is 1. The van der Waals surface area contributed by atoms with Gasteiger partial charge in [0.05, 0.1) is 12.6 Å². The Morgan fingerprint density at radius 2 is 2.08 bits per heavy atom. The number of nitrogens with two attached hydrogens (primary N) is 1. The molecule has 0 aromatic rings. The molecule has 0 aromatic heterocycles. The molecule has 0 radical (unpaired) electrons. The summed E-state index contributed by atoms with van der Waals surface area (Å²) in [6.45, 7) is 3.08. The first-order valence-electron chi connectivity index (χ1n) is 4.30. The highest BCUT2D eigenvalue weighted by molar-refractivity contribution is 5.81. The van der Waals surface area contributed by atoms with Crippen LogP contribution in [0, 0.1) is 5.92 Å². The summed E-state index contributed by atoms with van der Waals surface area (Å²) in [4.78, 5) is 11.1. The number of carbonyl (C=O) groups excluding carboxylic acids is 1. The van der Waals surface area contributed by atoms with E-state index in [0.717, 1.165) is 6.42 Å². The Hall–Kier alpha value is -0.710. The molecule has 2 atom stereocenters. The Kier molecular flexibility index (Phi) is 5.53. The molecule has 1 amide bonds. The van der Waals surface area contributed by atoms with Crippen molar-refractivity contribution in [2.75, 3.05) is 6.54 Å². The molecule has 0 aliphatic heterocycles. The van der Waals surface area contributed by atoms with Crippen LogP contribution in [0.15, 0.2) is 0 Å². The molecule has 13 heavy (non-hydrogen) atoms. The lowest BCUT2D eigenvalue weighted by Gasteiger charge is -2.17. The maximum absolute atomic E-state index is 11.7. The van der Waals surface area contributed by atoms with Crippen molar-refractivity contribution in [3.05, 3.63) is 0 Å². The molecule has 3 nitrogen and oxygen atoms in total. The number of rotatable bonds is 5. The van der Waals surface area contributed by atoms with E-state index in [2.05, 4.69) is 5.32 Å². The average Bonchev–Trinajstić information content (AvgIpc) is 2.11. The van der Waals surface area contributed by atoms with E-state index in [4.69, 9.17) is 5.73 Å². The third-order valence-electron chi connectivity index (χ3n) is 1.99. The minimum Gasteiger partial charge on any atom is -0.349 e. The Labute approximate surface area is 76.7 Å². The normalized spacial score (nSPS) is 15.5. The molecule has 0 saturated carbocycles. The fourth-order valence-electron chi connectivity index (χ4n) is 0.808. The maximum atomic E-state index is 11.7. The van der Waals surface area contributed by atoms with Crippen LogP contribution in [0.1, 0.15) is 20.3 Å². The van der Waals surface area contributed by atoms with Crippen molar-refractivity contribution in [2.45, 2.75) is 32.7 Å². The van der Waals surface area contributed by atoms with Crippen molar-refractivity contribution in [3.63, 3.8) is 0 Å². The predicted octanol–water partition coefficient (Wildman–Crippen LogP) is 0.741. The van der Waals surface area contributed by atoms with Gasteiger partial charge in [-0.15, -0.1) is 0 Å². The first-order chi connectivity index (χ1) is 5.99. The number of hydrogen-bond donors (Lipinski definition) is 2. The van der Waals surface area contributed by atoms with Crippen LogP contribution in [0.4, 0.5) is 8.78 Å². The van der Waals surface area contributed by atoms with Gasteiger partial charge in [-0.3, -0.25) is 4.79 Å². The standard InChI is InChI=1S/C8H16F2N2O/c1-3-5(2)7(11)8(13)12-4-6(9)10/h5-7H,3-4,11H2,1-2H3,(H,12,13)/t5-,7-/m0/s1. The topological polar surface area (TPSA) is 55.1 Å². The quantitative estimate of drug-likeness (QED) is 0.678. The molecule has 0 fully saturated rings. The van der Waals surface area contributed by atoms with Crippen LogP contribution in [0.5, 0.6) is 0 Å². The summed E-state index contributed by atoms with van der Waals surface area (Å²) in [5, 5.41) is 2.08. The highest BCUT2D eigenvalue weighted by Gasteiger charge is 2.19. The summed E-state index contributed by atoms with van der Waals surface area (Å²) in [6, 6.07) is -0.691. The molecule has 0 aromatic carbocycles. The third-order valence-corrected chi connectivity index (χ3v) is 1.99. The fraction of sp³-hybridized carbons (Fsp3) is 0.875. The summed E-state index contributed by atoms with van der Waals surface area (Å²) < 4.78 is 23.4. The third kappa shape index (κ3) is 4.77. The molecule has 0 saturated heterocycles. The highest BCUT2D eigenvalue weighted by atomic mass is 19.3. The lowest BCUT2D eigenvalue weighted by atomic mass is 9.99. The zero-order chi connectivity index (χ0) is 10.4. The Morgan fingerprint density at radius 3 is 2.46 bits per heavy atom. The molecule has 78 valence electrons. The lowest BCUT2D eigenvalue weighted by molar-refractivity contribution is -0.124. The van der Waals surface area contributed by atoms with Gasteiger partial charge >= 0.3 is 0 Å². The van der Waals surface area contributed by atoms with Crippen LogP contribution in [0.25, 0.3) is 0 Å². The second-order valence-corrected chi connectivity index (χ2v) is 3.05. The minimum atomic E-state index is -2.52. The van der Waals surface area contributed by atoms with Crippen molar-refractivity contribution in [2.24, 2.45) is 11.7 Å². The second-order valence-electron chi connectivity index (χ2n) is 3.05. The predicted molar refractivity (Wildman–Crippen MR) is 46.4 cm³/mol. The van der Waals surface area contributed by atoms with Gasteiger partial charge in [0, 0.05) is 0 Å². The zero-order valence-corrected chi connectivity index (χ0v) is 7.89. The van der Waals surface area contributed by atoms with Crippen LogP contribution in [-0.2, 0) is 4.79 Å². The van der Waals surface area contributed by atoms with Crippen LogP contribution in [0.2, 0.25) is 0 Å². The van der Waals surface area contributed by atoms with E-state index in [-0.39, 0.29) is 5.92 Å². The maximum Gasteiger partial charge on any atom is 0.255 e. The van der Waals surface area contributed by atoms with Crippen LogP contribution < -0.4 is 11.1 Å². The molecule has 0 bridgehead atoms. The van der Waals surface area contributed by atoms with Gasteiger partial charge in [0.25, 0.3) is 6.43 Å². The molecular weight excluding hydrogens is 178 g/mol. The zero-order valence-electron chi connectivity index (χ0n) is 7.89. The summed E-state index contributed by atoms with van der Waals surface area (Å²) in [6.07, 6.45) is -1.77. The van der Waals surface area contributed by atoms with Crippen molar-refractivity contribution in [1.82, 2.24) is 5.32 Å². The van der Waals surface area contributed by atoms with Gasteiger partial charge in [0.1, 0.15) is 0 Å². The summed E-state index contributed by atoms with van der Waals surface area (Å²) in [7, 11) is 0. The van der Waals surface area contributed by atoms with Crippen LogP contribution >= 0.6 is 0 Å². The number of hydrogen-bond acceptors (Lipinski definition) is 2. The van der Waals surface area contributed by atoms with E-state index >= 15 is 0 Å². The van der Waals surface area contributed by atoms with Crippen LogP contribution in [-0.4, -0.2) is 24.9 Å². The van der Waals surface area contributed by atoms with Gasteiger partial charge in [-0.05, 0) is 5.92 Å². The molecule has 5 heteroatoms. The summed E-state index contributed by atoms with van der Waals surface area (Å²) in [5.74, 6) is -0.493. The molecular formula is C8H16F2N2O. The van der Waals surface area contributed by atoms with Crippen molar-refractivity contribution in [3.8, 4) is 0 Å². The second kappa shape index (κ2) is 5.85. The van der Waals surface area contributed by atoms with Crippen molar-refractivity contribution < 1.29 is 13.6 Å². The molecule has 0 rings (SSSR count). The van der Waals surface area contributed by atoms with Gasteiger partial charge < -0.3 is 11.1 Å². The number of alkyl halides is 2. The number of halogens is 2. The summed E-state index contributed by atoms with van der Waals surface area (Å²) in [5.41, 5.74) is 5.50. The SMILES string of the molecule is CC[C@H](C)[C@H](N)C(=O)NCC(F)F. The first-order valence-corrected chi connectivity index (χ1v) is 4.30. The van der Waals surface area contributed by atoms with Gasteiger partial charge in [0.15, 0.2) is 0 Å². The molecule has 0 aliphatic rings. The van der Waals surface area contributed by atoms with E-state index in [9.17, 15) is 13.6 Å². The van der Waals surface area contributed by atoms with Gasteiger partial charge in [0.2, 0.25) is 5.91 Å². The molecule has 0 spiro atoms. The van der Waals surface area contributed by atoms with E-state index < -0.39 is 24.9 Å². The van der Waals surface area contributed by atoms with E-state index in [1.54, 1.807) is 0 Å². The minimum absolute atomic E-state index is 0.0117. The van der Waals surface area contributed by atoms with Crippen molar-refractivity contribution >= 4 is 5.91 Å². The molecule has 0 aliphatic carbocycles. The first kappa shape index (κ1) is 12.3. The highest BCUT2D eigenvalue weighted by Crippen LogP contribution is 2.04. The molecule has 0 heterocycles. The number of nitrogens with one attached hydrogen (secondary N) is 1. The Balaban J connectivity index is 3.82. The molecule has 3 N–H and O–H groups in total. The van der Waals surface area contributed by atoms with Crippen molar-refractivity contribution in [1.29, 1.82) is 0 Å². The number of carbonyl (C=O) groups is 1. The van der Waals surface area contributed by atoms with Crippen LogP contribution in [0.3, 0.4) is 0 Å². The largest absolute Gasteiger partial charge is 0.349 e. The Morgan fingerprint density at radius 1 is 1.54 bits per heavy atom. The molecule has 0 unspecified atom stereocenters. The smallest absolute Gasteiger partial charge is 0.255 e. The van der Waals surface area contributed by atoms with E-state index in [1.807, 2.05) is 13.8 Å². The van der Waals surface area contributed by atoms with Gasteiger partial charge in [-0.2, -0.15) is 0 Å². The average molecular weight is 194 g/mol. The van der Waals surface area contributed by atoms with E-state index in [0.29, 0.717) is 0 Å². The van der Waals surface area contributed by atoms with E-state index in [1.165, 1.54) is 0 Å². The Bertz CT molecular complexity index is 164. The lowest BCUT2D eigenvalue weighted by Crippen LogP contribution is -2.45. The summed E-state index contributed by atoms with van der Waals surface area (Å²) >= 11 is 0. The monoisotopic (exact) mass is 194 g/mol. The fourth-order valence-corrected chi connectivity index (χ4v) is 0.808. The van der Waals surface area contributed by atoms with Gasteiger partial charge in [-0.25, -0.2) is 8.78 Å².